The number of pyridine rings is 1. The highest BCUT2D eigenvalue weighted by Crippen LogP contribution is 2.61. The number of aliphatic hydroxyl groups is 1. The molecule has 8 aromatic rings. The average Bonchev–Trinajstić information content (AvgIpc) is 1.00. The van der Waals surface area contributed by atoms with Gasteiger partial charge < -0.3 is 66.6 Å². The van der Waals surface area contributed by atoms with Gasteiger partial charge in [-0.1, -0.05) is 120 Å². The van der Waals surface area contributed by atoms with Crippen LogP contribution in [0.3, 0.4) is 0 Å². The first-order valence-corrected chi connectivity index (χ1v) is 45.0. The molecule has 4 heterocycles. The minimum absolute atomic E-state index is 0.0858. The molecule has 0 aliphatic heterocycles. The summed E-state index contributed by atoms with van der Waals surface area (Å²) in [5, 5.41) is 48.2. The molecule has 28 nitrogen and oxygen atoms in total. The number of rotatable bonds is 26. The number of H-pyrrole nitrogens is 1. The number of aliphatic hydroxyl groups excluding tert-OH is 1. The number of aryl methyl sites for hydroxylation is 3. The molecule has 4 aromatic heterocycles. The van der Waals surface area contributed by atoms with E-state index >= 15 is 0 Å². The van der Waals surface area contributed by atoms with Gasteiger partial charge in [0.05, 0.1) is 74.9 Å². The zero-order valence-electron chi connectivity index (χ0n) is 69.3. The Morgan fingerprint density at radius 1 is 0.456 bits per heavy atom. The SMILES string of the molecule is CC(F)c1cnc(C(=O)NC23CCC(NC(=O)COc4ccc(Cl)c(Cl)c4)(CC2)[C@@H](O)C3)cn1.CCc1ccc(C(=O)NC23CC(NC(=O)COc4ccc(Cl)c(Cl)c4)(C2)C3)nc1.Cc1nc(C(=O)NC23CCC(NC(=O)COc4ccc(Cl)c(Cl)c4)(CC2)[C@@H](C)C3)cs1.Cc1nc(C(=O)NC23CCC(NC(=O)COc4ccc(Cl)c(Cl)c4)(CC2)[C@@H](C)C3)n[nH]1. The van der Waals surface area contributed by atoms with Crippen molar-refractivity contribution in [3.63, 3.8) is 0 Å². The van der Waals surface area contributed by atoms with Crippen LogP contribution in [-0.2, 0) is 25.6 Å². The molecule has 666 valence electrons. The number of halogens is 9. The van der Waals surface area contributed by atoms with Crippen LogP contribution in [0.2, 0.25) is 40.2 Å². The maximum absolute atomic E-state index is 13.3. The number of nitrogens with one attached hydrogen (secondary N) is 9. The lowest BCUT2D eigenvalue weighted by molar-refractivity contribution is -0.141. The standard InChI is InChI=1S/C23H25Cl2FN4O4.C22H25Cl2N3O3S.C21H25Cl2N5O3.C21H21Cl2N3O3/c1-13(26)17-10-28-18(11-27-17)21(33)30-22-4-6-23(7-5-22,19(31)9-22)29-20(32)12-34-14-2-3-15(24)16(25)8-14;1-13-10-21(27-20(29)18-12-31-14(2)25-18)5-7-22(13,8-6-21)26-19(28)11-30-15-3-4-16(23)17(24)9-15;1-12-10-20(26-19(30)18-24-13(2)27-28-18)5-7-21(12,8-6-20)25-17(29)11-31-14-3-4-15(22)16(23)9-14;1-2-13-3-6-17(24-8-13)19(28)26-21-10-20(11-21,12-21)25-18(27)9-29-14-4-5-15(22)16(23)7-14/h2-3,8,10-11,13,19,31H,4-7,9,12H2,1H3,(H,29,32)(H,30,33);3-4,9,12-13H,5-8,10-11H2,1-2H3,(H,26,28)(H,27,29);3-4,9,12H,5-8,10-11H2,1-2H3,(H,25,29)(H,26,30)(H,24,27,28);3-8H,2,9-12H2,1H3,(H,25,27)(H,26,28)/t13?,19-,22?,23?;13-,21?,22?;12-,20?,21?;/m000./s1. The van der Waals surface area contributed by atoms with Gasteiger partial charge in [-0.05, 0) is 215 Å². The van der Waals surface area contributed by atoms with Crippen molar-refractivity contribution in [1.29, 1.82) is 0 Å². The largest absolute Gasteiger partial charge is 0.484 e. The number of hydrogen-bond acceptors (Lipinski definition) is 20. The van der Waals surface area contributed by atoms with Gasteiger partial charge in [-0.15, -0.1) is 16.4 Å². The molecule has 1 unspecified atom stereocenters. The summed E-state index contributed by atoms with van der Waals surface area (Å²) in [6, 6.07) is 23.1. The fraction of sp³-hybridized carbons (Fsp3) is 0.471. The smallest absolute Gasteiger partial charge is 0.291 e. The van der Waals surface area contributed by atoms with Gasteiger partial charge >= 0.3 is 0 Å². The maximum atomic E-state index is 13.3. The van der Waals surface area contributed by atoms with Crippen molar-refractivity contribution in [2.75, 3.05) is 26.4 Å². The van der Waals surface area contributed by atoms with Gasteiger partial charge in [0.1, 0.15) is 52.1 Å². The van der Waals surface area contributed by atoms with Gasteiger partial charge in [0.2, 0.25) is 5.82 Å². The normalized spacial score (nSPS) is 26.2. The number of nitrogens with zero attached hydrogens (tertiary/aromatic N) is 6. The first-order valence-electron chi connectivity index (χ1n) is 41.1. The summed E-state index contributed by atoms with van der Waals surface area (Å²) < 4.78 is 35.4. The summed E-state index contributed by atoms with van der Waals surface area (Å²) in [5.74, 6) is 1.24. The number of carbonyl (C=O) groups excluding carboxylic acids is 8. The van der Waals surface area contributed by atoms with Crippen molar-refractivity contribution >= 4 is 151 Å². The molecular weight excluding hydrogens is 1800 g/mol. The lowest BCUT2D eigenvalue weighted by Gasteiger charge is -2.70. The van der Waals surface area contributed by atoms with E-state index in [1.807, 2.05) is 19.9 Å². The number of hydrogen-bond donors (Lipinski definition) is 10. The summed E-state index contributed by atoms with van der Waals surface area (Å²) >= 11 is 48.9. The van der Waals surface area contributed by atoms with E-state index in [0.717, 1.165) is 100 Å². The van der Waals surface area contributed by atoms with Gasteiger partial charge in [0, 0.05) is 74.6 Å². The zero-order valence-corrected chi connectivity index (χ0v) is 76.2. The second-order valence-corrected chi connectivity index (χ2v) is 38.5. The number of ether oxygens (including phenoxy) is 4. The predicted molar refractivity (Wildman–Crippen MR) is 473 cm³/mol. The highest BCUT2D eigenvalue weighted by atomic mass is 35.5. The Labute approximate surface area is 765 Å². The van der Waals surface area contributed by atoms with Gasteiger partial charge in [-0.3, -0.25) is 53.4 Å². The van der Waals surface area contributed by atoms with Crippen molar-refractivity contribution in [2.45, 2.75) is 220 Å². The third-order valence-electron chi connectivity index (χ3n) is 25.4. The minimum atomic E-state index is -1.27. The minimum Gasteiger partial charge on any atom is -0.484 e. The lowest BCUT2D eigenvalue weighted by Crippen LogP contribution is -2.84. The lowest BCUT2D eigenvalue weighted by atomic mass is 9.44. The van der Waals surface area contributed by atoms with E-state index in [0.29, 0.717) is 112 Å². The van der Waals surface area contributed by atoms with Crippen molar-refractivity contribution in [2.24, 2.45) is 11.8 Å². The van der Waals surface area contributed by atoms with Crippen molar-refractivity contribution in [3.8, 4) is 23.0 Å². The monoisotopic (exact) mass is 1890 g/mol. The molecule has 12 fully saturated rings. The molecule has 10 N–H and O–H groups in total. The summed E-state index contributed by atoms with van der Waals surface area (Å²) in [5.41, 5.74) is -0.677. The van der Waals surface area contributed by atoms with Crippen molar-refractivity contribution < 1.29 is 66.8 Å². The number of thiazole rings is 1. The van der Waals surface area contributed by atoms with Crippen LogP contribution in [0, 0.1) is 25.7 Å². The number of amides is 8. The molecule has 12 aliphatic carbocycles. The Balaban J connectivity index is 0.000000143. The zero-order chi connectivity index (χ0) is 89.6. The van der Waals surface area contributed by atoms with Crippen LogP contribution in [0.5, 0.6) is 23.0 Å². The number of aromatic amines is 1. The summed E-state index contributed by atoms with van der Waals surface area (Å²) in [4.78, 5) is 121. The molecule has 12 saturated carbocycles. The Kier molecular flexibility index (Phi) is 29.2. The Morgan fingerprint density at radius 2 is 0.840 bits per heavy atom. The number of alkyl halides is 1. The van der Waals surface area contributed by atoms with Crippen LogP contribution in [0.15, 0.2) is 109 Å². The van der Waals surface area contributed by atoms with Gasteiger partial charge in [-0.25, -0.2) is 19.3 Å². The summed E-state index contributed by atoms with van der Waals surface area (Å²) in [6.45, 7) is 10.8. The van der Waals surface area contributed by atoms with Crippen LogP contribution >= 0.6 is 104 Å². The van der Waals surface area contributed by atoms with E-state index < -0.39 is 29.3 Å². The fourth-order valence-electron chi connectivity index (χ4n) is 18.6. The highest BCUT2D eigenvalue weighted by molar-refractivity contribution is 7.09. The van der Waals surface area contributed by atoms with Crippen LogP contribution in [0.25, 0.3) is 0 Å². The van der Waals surface area contributed by atoms with Crippen LogP contribution in [0.4, 0.5) is 4.39 Å². The van der Waals surface area contributed by atoms with E-state index in [9.17, 15) is 47.9 Å². The fourth-order valence-corrected chi connectivity index (χ4v) is 20.3. The second-order valence-electron chi connectivity index (χ2n) is 34.1. The highest BCUT2D eigenvalue weighted by Gasteiger charge is 2.69. The third-order valence-corrected chi connectivity index (χ3v) is 29.1. The molecule has 0 saturated heterocycles. The van der Waals surface area contributed by atoms with E-state index in [1.54, 1.807) is 91.3 Å². The maximum Gasteiger partial charge on any atom is 0.291 e. The number of fused-ring (bicyclic) bond motifs is 9. The molecule has 8 amide bonds. The van der Waals surface area contributed by atoms with E-state index in [-0.39, 0.29) is 130 Å². The molecule has 4 atom stereocenters. The van der Waals surface area contributed by atoms with Crippen molar-refractivity contribution in [1.82, 2.24) is 77.7 Å². The number of aromatic nitrogens is 7. The molecule has 0 radical (unpaired) electrons. The number of benzene rings is 4. The molecule has 4 aromatic carbocycles. The molecule has 12 aliphatic rings. The van der Waals surface area contributed by atoms with Gasteiger partial charge in [-0.2, -0.15) is 0 Å². The Bertz CT molecular complexity index is 5160. The second kappa shape index (κ2) is 38.9. The third kappa shape index (κ3) is 22.4. The van der Waals surface area contributed by atoms with Crippen molar-refractivity contribution in [3.05, 3.63) is 194 Å². The van der Waals surface area contributed by atoms with E-state index in [2.05, 4.69) is 91.5 Å². The molecule has 20 rings (SSSR count). The van der Waals surface area contributed by atoms with Gasteiger partial charge in [0.25, 0.3) is 47.3 Å². The number of carbonyl (C=O) groups is 8. The van der Waals surface area contributed by atoms with Gasteiger partial charge in [0.15, 0.2) is 26.4 Å². The quantitative estimate of drug-likeness (QED) is 0.0241. The Hall–Kier alpha value is -8.95. The topological polar surface area (TPSA) is 383 Å². The molecule has 38 heteroatoms. The average molecular weight is 1890 g/mol. The summed E-state index contributed by atoms with van der Waals surface area (Å²) in [7, 11) is 0. The van der Waals surface area contributed by atoms with E-state index in [1.165, 1.54) is 36.7 Å². The van der Waals surface area contributed by atoms with Crippen LogP contribution in [-0.4, -0.2) is 164 Å². The van der Waals surface area contributed by atoms with Crippen LogP contribution < -0.4 is 61.5 Å². The first-order chi connectivity index (χ1) is 59.3. The predicted octanol–water partition coefficient (Wildman–Crippen LogP) is 15.3. The first kappa shape index (κ1) is 93.7. The molecule has 0 spiro atoms. The molecule has 125 heavy (non-hydrogen) atoms. The summed E-state index contributed by atoms with van der Waals surface area (Å²) in [6.07, 6.45) is 15.7. The van der Waals surface area contributed by atoms with Crippen LogP contribution in [0.1, 0.15) is 214 Å². The Morgan fingerprint density at radius 3 is 1.20 bits per heavy atom. The molecular formula is C87H96Cl8FN15O13S. The van der Waals surface area contributed by atoms with E-state index in [4.69, 9.17) is 112 Å². The molecule has 8 bridgehead atoms.